The van der Waals surface area contributed by atoms with Crippen molar-refractivity contribution < 1.29 is 13.9 Å². The van der Waals surface area contributed by atoms with Crippen molar-refractivity contribution in [1.82, 2.24) is 0 Å². The Balaban J connectivity index is 1.68. The zero-order chi connectivity index (χ0) is 18.3. The molecule has 1 aromatic heterocycles. The van der Waals surface area contributed by atoms with E-state index < -0.39 is 0 Å². The number of furan rings is 1. The molecule has 6 heteroatoms. The third kappa shape index (κ3) is 2.93. The van der Waals surface area contributed by atoms with E-state index in [0.717, 1.165) is 47.7 Å². The summed E-state index contributed by atoms with van der Waals surface area (Å²) in [6, 6.07) is 5.74. The van der Waals surface area contributed by atoms with Crippen LogP contribution in [0.25, 0.3) is 0 Å². The van der Waals surface area contributed by atoms with Crippen LogP contribution in [0.4, 0.5) is 5.69 Å². The minimum Gasteiger partial charge on any atom is -0.495 e. The normalized spacial score (nSPS) is 18.0. The molecule has 2 heterocycles. The number of carbonyl (C=O) groups is 1. The van der Waals surface area contributed by atoms with Gasteiger partial charge in [0.25, 0.3) is 5.91 Å². The summed E-state index contributed by atoms with van der Waals surface area (Å²) < 4.78 is 11.5. The maximum atomic E-state index is 13.0. The minimum absolute atomic E-state index is 0.0840. The highest BCUT2D eigenvalue weighted by Gasteiger charge is 2.45. The van der Waals surface area contributed by atoms with Gasteiger partial charge in [0.2, 0.25) is 0 Å². The first-order chi connectivity index (χ1) is 12.5. The van der Waals surface area contributed by atoms with Gasteiger partial charge in [-0.05, 0) is 44.4 Å². The molecule has 0 radical (unpaired) electrons. The highest BCUT2D eigenvalue weighted by Crippen LogP contribution is 2.59. The minimum atomic E-state index is -0.205. The van der Waals surface area contributed by atoms with Gasteiger partial charge in [-0.3, -0.25) is 4.79 Å². The van der Waals surface area contributed by atoms with Gasteiger partial charge < -0.3 is 14.5 Å². The van der Waals surface area contributed by atoms with Gasteiger partial charge in [-0.25, -0.2) is 0 Å². The molecule has 1 aliphatic carbocycles. The third-order valence-corrected chi connectivity index (χ3v) is 8.60. The van der Waals surface area contributed by atoms with Gasteiger partial charge in [0.1, 0.15) is 11.5 Å². The number of thioether (sulfide) groups is 2. The van der Waals surface area contributed by atoms with E-state index in [-0.39, 0.29) is 9.99 Å². The second-order valence-electron chi connectivity index (χ2n) is 6.82. The molecule has 0 atom stereocenters. The Morgan fingerprint density at radius 2 is 2.04 bits per heavy atom. The largest absolute Gasteiger partial charge is 0.495 e. The number of carbonyl (C=O) groups excluding carboxylic acids is 1. The van der Waals surface area contributed by atoms with Crippen molar-refractivity contribution in [2.75, 3.05) is 23.9 Å². The van der Waals surface area contributed by atoms with Gasteiger partial charge in [-0.1, -0.05) is 6.07 Å². The van der Waals surface area contributed by atoms with Gasteiger partial charge in [0, 0.05) is 29.1 Å². The van der Waals surface area contributed by atoms with Crippen molar-refractivity contribution in [2.45, 2.75) is 37.2 Å². The summed E-state index contributed by atoms with van der Waals surface area (Å²) >= 11 is 4.02. The van der Waals surface area contributed by atoms with E-state index in [0.29, 0.717) is 17.2 Å². The van der Waals surface area contributed by atoms with Crippen LogP contribution in [-0.4, -0.2) is 24.5 Å². The zero-order valence-corrected chi connectivity index (χ0v) is 16.9. The smallest absolute Gasteiger partial charge is 0.291 e. The van der Waals surface area contributed by atoms with Crippen molar-refractivity contribution in [1.29, 1.82) is 0 Å². The van der Waals surface area contributed by atoms with E-state index in [4.69, 9.17) is 9.15 Å². The molecule has 0 bridgehead atoms. The van der Waals surface area contributed by atoms with Gasteiger partial charge >= 0.3 is 0 Å². The molecule has 4 rings (SSSR count). The lowest BCUT2D eigenvalue weighted by Crippen LogP contribution is -2.21. The fourth-order valence-corrected chi connectivity index (χ4v) is 7.47. The summed E-state index contributed by atoms with van der Waals surface area (Å²) in [6.45, 7) is 4.02. The number of hydrogen-bond donors (Lipinski definition) is 1. The second-order valence-corrected chi connectivity index (χ2v) is 9.86. The monoisotopic (exact) mass is 389 g/mol. The molecule has 1 N–H and O–H groups in total. The van der Waals surface area contributed by atoms with E-state index in [2.05, 4.69) is 5.32 Å². The summed E-state index contributed by atoms with van der Waals surface area (Å²) in [5.74, 6) is 4.21. The second kappa shape index (κ2) is 6.89. The van der Waals surface area contributed by atoms with Crippen LogP contribution in [0.2, 0.25) is 0 Å². The predicted molar refractivity (Wildman–Crippen MR) is 109 cm³/mol. The maximum Gasteiger partial charge on any atom is 0.291 e. The molecule has 1 fully saturated rings. The Morgan fingerprint density at radius 3 is 2.77 bits per heavy atom. The molecule has 138 valence electrons. The molecular weight excluding hydrogens is 366 g/mol. The number of ether oxygens (including phenoxy) is 1. The van der Waals surface area contributed by atoms with Gasteiger partial charge in [-0.2, -0.15) is 0 Å². The fourth-order valence-electron chi connectivity index (χ4n) is 3.91. The van der Waals surface area contributed by atoms with Crippen molar-refractivity contribution in [3.63, 3.8) is 0 Å². The molecule has 1 aliphatic heterocycles. The van der Waals surface area contributed by atoms with Gasteiger partial charge in [0.15, 0.2) is 5.76 Å². The molecule has 0 saturated carbocycles. The van der Waals surface area contributed by atoms with Crippen LogP contribution in [0.1, 0.15) is 45.8 Å². The number of amides is 1. The van der Waals surface area contributed by atoms with Gasteiger partial charge in [0.05, 0.1) is 16.9 Å². The number of hydrogen-bond acceptors (Lipinski definition) is 5. The lowest BCUT2D eigenvalue weighted by atomic mass is 9.94. The molecule has 1 amide bonds. The lowest BCUT2D eigenvalue weighted by Gasteiger charge is -2.31. The van der Waals surface area contributed by atoms with Crippen molar-refractivity contribution >= 4 is 35.1 Å². The van der Waals surface area contributed by atoms with Crippen LogP contribution >= 0.6 is 23.5 Å². The third-order valence-electron chi connectivity index (χ3n) is 5.07. The quantitative estimate of drug-likeness (QED) is 0.789. The van der Waals surface area contributed by atoms with E-state index in [1.54, 1.807) is 7.11 Å². The topological polar surface area (TPSA) is 51.5 Å². The van der Waals surface area contributed by atoms with E-state index in [9.17, 15) is 4.79 Å². The Bertz CT molecular complexity index is 853. The first kappa shape index (κ1) is 17.9. The SMILES string of the molecule is COc1ccc(C)cc1NC(=O)c1oc2c(c1C)C1(CCC2)SCCS1. The highest BCUT2D eigenvalue weighted by atomic mass is 32.2. The zero-order valence-electron chi connectivity index (χ0n) is 15.3. The lowest BCUT2D eigenvalue weighted by molar-refractivity contribution is 0.0993. The van der Waals surface area contributed by atoms with Crippen LogP contribution < -0.4 is 10.1 Å². The number of methoxy groups -OCH3 is 1. The molecule has 4 nitrogen and oxygen atoms in total. The van der Waals surface area contributed by atoms with Crippen molar-refractivity contribution in [2.24, 2.45) is 0 Å². The molecule has 2 aromatic rings. The Morgan fingerprint density at radius 1 is 1.27 bits per heavy atom. The number of benzene rings is 1. The van der Waals surface area contributed by atoms with Crippen LogP contribution in [-0.2, 0) is 10.5 Å². The summed E-state index contributed by atoms with van der Waals surface area (Å²) in [5.41, 5.74) is 3.99. The van der Waals surface area contributed by atoms with Crippen LogP contribution in [0.3, 0.4) is 0 Å². The Hall–Kier alpha value is -1.53. The van der Waals surface area contributed by atoms with Gasteiger partial charge in [-0.15, -0.1) is 23.5 Å². The summed E-state index contributed by atoms with van der Waals surface area (Å²) in [6.07, 6.45) is 3.19. The number of rotatable bonds is 3. The molecule has 1 saturated heterocycles. The van der Waals surface area contributed by atoms with E-state index in [1.165, 1.54) is 5.56 Å². The van der Waals surface area contributed by atoms with Crippen molar-refractivity contribution in [3.8, 4) is 5.75 Å². The molecule has 1 aromatic carbocycles. The summed E-state index contributed by atoms with van der Waals surface area (Å²) in [4.78, 5) is 13.0. The highest BCUT2D eigenvalue weighted by molar-refractivity contribution is 8.20. The standard InChI is InChI=1S/C20H23NO3S2/c1-12-6-7-15(23-3)14(11-12)21-19(22)18-13(2)17-16(24-18)5-4-8-20(17)25-9-10-26-20/h6-7,11H,4-5,8-10H2,1-3H3,(H,21,22). The fraction of sp³-hybridized carbons (Fsp3) is 0.450. The average molecular weight is 390 g/mol. The van der Waals surface area contributed by atoms with Crippen LogP contribution in [0, 0.1) is 13.8 Å². The van der Waals surface area contributed by atoms with E-state index >= 15 is 0 Å². The molecule has 2 aliphatic rings. The summed E-state index contributed by atoms with van der Waals surface area (Å²) in [5, 5.41) is 2.98. The number of aryl methyl sites for hydroxylation is 2. The first-order valence-corrected chi connectivity index (χ1v) is 10.9. The number of nitrogens with one attached hydrogen (secondary N) is 1. The Labute approximate surface area is 162 Å². The van der Waals surface area contributed by atoms with Crippen molar-refractivity contribution in [3.05, 3.63) is 46.4 Å². The predicted octanol–water partition coefficient (Wildman–Crippen LogP) is 5.13. The first-order valence-electron chi connectivity index (χ1n) is 8.91. The Kier molecular flexibility index (Phi) is 4.73. The molecule has 0 unspecified atom stereocenters. The number of fused-ring (bicyclic) bond motifs is 2. The molecular formula is C20H23NO3S2. The summed E-state index contributed by atoms with van der Waals surface area (Å²) in [7, 11) is 1.61. The van der Waals surface area contributed by atoms with Crippen LogP contribution in [0.15, 0.2) is 22.6 Å². The average Bonchev–Trinajstić information content (AvgIpc) is 3.21. The number of anilines is 1. The van der Waals surface area contributed by atoms with E-state index in [1.807, 2.05) is 55.6 Å². The van der Waals surface area contributed by atoms with Crippen LogP contribution in [0.5, 0.6) is 5.75 Å². The molecule has 1 spiro atoms. The molecule has 26 heavy (non-hydrogen) atoms. The maximum absolute atomic E-state index is 13.0.